The van der Waals surface area contributed by atoms with Crippen molar-refractivity contribution in [2.45, 2.75) is 55.9 Å². The zero-order valence-electron chi connectivity index (χ0n) is 14.8. The van der Waals surface area contributed by atoms with E-state index < -0.39 is 11.7 Å². The Kier molecular flexibility index (Phi) is 5.05. The second-order valence-electron chi connectivity index (χ2n) is 7.26. The maximum atomic E-state index is 12.9. The summed E-state index contributed by atoms with van der Waals surface area (Å²) in [6.45, 7) is 0.777. The van der Waals surface area contributed by atoms with Crippen molar-refractivity contribution < 1.29 is 18.0 Å². The van der Waals surface area contributed by atoms with Crippen molar-refractivity contribution >= 4 is 23.3 Å². The fraction of sp³-hybridized carbons (Fsp3) is 0.611. The molecule has 0 radical (unpaired) electrons. The molecule has 0 aromatic carbocycles. The van der Waals surface area contributed by atoms with Crippen molar-refractivity contribution in [2.75, 3.05) is 12.3 Å². The molecule has 3 heterocycles. The first-order valence-corrected chi connectivity index (χ1v) is 10.3. The van der Waals surface area contributed by atoms with Gasteiger partial charge in [0.05, 0.1) is 11.3 Å². The third kappa shape index (κ3) is 3.79. The van der Waals surface area contributed by atoms with Crippen molar-refractivity contribution in [3.05, 3.63) is 23.9 Å². The van der Waals surface area contributed by atoms with Crippen molar-refractivity contribution in [1.82, 2.24) is 19.5 Å². The molecule has 1 saturated heterocycles. The van der Waals surface area contributed by atoms with Crippen molar-refractivity contribution in [3.8, 4) is 0 Å². The molecule has 9 heteroatoms. The van der Waals surface area contributed by atoms with Gasteiger partial charge >= 0.3 is 6.18 Å². The van der Waals surface area contributed by atoms with Crippen LogP contribution in [-0.2, 0) is 11.0 Å². The number of fused-ring (bicyclic) bond motifs is 2. The lowest BCUT2D eigenvalue weighted by Crippen LogP contribution is -2.50. The number of carbonyl (C=O) groups is 1. The molecular formula is C18H21F3N4OS. The number of amides is 1. The molecular weight excluding hydrogens is 377 g/mol. The number of pyridine rings is 1. The lowest BCUT2D eigenvalue weighted by Gasteiger charge is -2.44. The van der Waals surface area contributed by atoms with Crippen LogP contribution < -0.4 is 0 Å². The number of halogens is 3. The van der Waals surface area contributed by atoms with E-state index in [-0.39, 0.29) is 11.7 Å². The van der Waals surface area contributed by atoms with E-state index in [4.69, 9.17) is 0 Å². The van der Waals surface area contributed by atoms with Gasteiger partial charge in [-0.05, 0) is 43.7 Å². The van der Waals surface area contributed by atoms with Gasteiger partial charge < -0.3 is 4.90 Å². The predicted molar refractivity (Wildman–Crippen MR) is 95.4 cm³/mol. The van der Waals surface area contributed by atoms with Crippen LogP contribution in [0.3, 0.4) is 0 Å². The summed E-state index contributed by atoms with van der Waals surface area (Å²) in [5.74, 6) is 0.810. The predicted octanol–water partition coefficient (Wildman–Crippen LogP) is 4.02. The third-order valence-corrected chi connectivity index (χ3v) is 6.51. The highest BCUT2D eigenvalue weighted by Gasteiger charge is 2.35. The first kappa shape index (κ1) is 18.6. The van der Waals surface area contributed by atoms with Gasteiger partial charge in [-0.15, -0.1) is 10.2 Å². The van der Waals surface area contributed by atoms with E-state index in [2.05, 4.69) is 10.2 Å². The molecule has 2 atom stereocenters. The fourth-order valence-electron chi connectivity index (χ4n) is 4.28. The number of rotatable bonds is 3. The normalized spacial score (nSPS) is 23.4. The minimum atomic E-state index is -4.43. The molecule has 2 aromatic rings. The van der Waals surface area contributed by atoms with E-state index in [1.54, 1.807) is 0 Å². The number of piperidine rings is 1. The Labute approximate surface area is 159 Å². The van der Waals surface area contributed by atoms with E-state index in [9.17, 15) is 18.0 Å². The highest BCUT2D eigenvalue weighted by atomic mass is 32.2. The summed E-state index contributed by atoms with van der Waals surface area (Å²) in [5, 5.41) is 8.16. The maximum Gasteiger partial charge on any atom is 0.417 e. The zero-order valence-corrected chi connectivity index (χ0v) is 15.6. The van der Waals surface area contributed by atoms with Gasteiger partial charge in [-0.25, -0.2) is 0 Å². The van der Waals surface area contributed by atoms with Crippen molar-refractivity contribution in [2.24, 2.45) is 5.92 Å². The van der Waals surface area contributed by atoms with Crippen molar-refractivity contribution in [3.63, 3.8) is 0 Å². The van der Waals surface area contributed by atoms with Crippen LogP contribution in [0.4, 0.5) is 13.2 Å². The molecule has 146 valence electrons. The summed E-state index contributed by atoms with van der Waals surface area (Å²) in [5.41, 5.74) is -0.424. The lowest BCUT2D eigenvalue weighted by molar-refractivity contribution is -0.138. The molecule has 4 rings (SSSR count). The van der Waals surface area contributed by atoms with Crippen molar-refractivity contribution in [1.29, 1.82) is 0 Å². The van der Waals surface area contributed by atoms with E-state index in [1.165, 1.54) is 29.7 Å². The van der Waals surface area contributed by atoms with Crippen LogP contribution in [0.15, 0.2) is 23.5 Å². The standard InChI is InChI=1S/C18H21F3N4OS/c19-18(20,21)13-7-8-15-22-23-17(25(15)10-13)27-11-16(26)24-9-3-5-12-4-1-2-6-14(12)24/h7-8,10,12,14H,1-6,9,11H2. The fourth-order valence-corrected chi connectivity index (χ4v) is 5.08. The first-order valence-electron chi connectivity index (χ1n) is 9.28. The molecule has 0 spiro atoms. The summed E-state index contributed by atoms with van der Waals surface area (Å²) >= 11 is 1.15. The molecule has 2 aromatic heterocycles. The molecule has 0 bridgehead atoms. The number of thioether (sulfide) groups is 1. The molecule has 27 heavy (non-hydrogen) atoms. The quantitative estimate of drug-likeness (QED) is 0.733. The summed E-state index contributed by atoms with van der Waals surface area (Å²) < 4.78 is 40.1. The van der Waals surface area contributed by atoms with Gasteiger partial charge in [0.25, 0.3) is 0 Å². The minimum absolute atomic E-state index is 0.0420. The second kappa shape index (κ2) is 7.33. The van der Waals surface area contributed by atoms with Gasteiger partial charge in [0.2, 0.25) is 5.91 Å². The third-order valence-electron chi connectivity index (χ3n) is 5.59. The van der Waals surface area contributed by atoms with Gasteiger partial charge in [0, 0.05) is 18.8 Å². The van der Waals surface area contributed by atoms with E-state index >= 15 is 0 Å². The average Bonchev–Trinajstić information content (AvgIpc) is 3.07. The molecule has 1 aliphatic heterocycles. The van der Waals surface area contributed by atoms with Crippen LogP contribution in [0, 0.1) is 5.92 Å². The zero-order chi connectivity index (χ0) is 19.0. The number of carbonyl (C=O) groups excluding carboxylic acids is 1. The topological polar surface area (TPSA) is 50.5 Å². The van der Waals surface area contributed by atoms with E-state index in [0.717, 1.165) is 49.8 Å². The Morgan fingerprint density at radius 1 is 1.15 bits per heavy atom. The van der Waals surface area contributed by atoms with Gasteiger partial charge in [-0.1, -0.05) is 24.6 Å². The number of nitrogens with zero attached hydrogens (tertiary/aromatic N) is 4. The molecule has 1 amide bonds. The lowest BCUT2D eigenvalue weighted by atomic mass is 9.78. The summed E-state index contributed by atoms with van der Waals surface area (Å²) in [6.07, 6.45) is 3.43. The largest absolute Gasteiger partial charge is 0.417 e. The van der Waals surface area contributed by atoms with Gasteiger partial charge in [0.15, 0.2) is 10.8 Å². The molecule has 2 unspecified atom stereocenters. The Hall–Kier alpha value is -1.77. The van der Waals surface area contributed by atoms with Gasteiger partial charge in [-0.3, -0.25) is 9.20 Å². The van der Waals surface area contributed by atoms with Crippen LogP contribution >= 0.6 is 11.8 Å². The number of hydrogen-bond acceptors (Lipinski definition) is 4. The number of likely N-dealkylation sites (tertiary alicyclic amines) is 1. The van der Waals surface area contributed by atoms with E-state index in [0.29, 0.717) is 22.8 Å². The minimum Gasteiger partial charge on any atom is -0.339 e. The highest BCUT2D eigenvalue weighted by molar-refractivity contribution is 7.99. The monoisotopic (exact) mass is 398 g/mol. The van der Waals surface area contributed by atoms with Crippen LogP contribution in [0.2, 0.25) is 0 Å². The van der Waals surface area contributed by atoms with Gasteiger partial charge in [-0.2, -0.15) is 13.2 Å². The Balaban J connectivity index is 1.47. The number of alkyl halides is 3. The van der Waals surface area contributed by atoms with Crippen LogP contribution in [0.1, 0.15) is 44.1 Å². The number of aromatic nitrogens is 3. The van der Waals surface area contributed by atoms with Gasteiger partial charge in [0.1, 0.15) is 0 Å². The molecule has 2 aliphatic rings. The van der Waals surface area contributed by atoms with Crippen LogP contribution in [0.25, 0.3) is 5.65 Å². The Morgan fingerprint density at radius 2 is 1.93 bits per heavy atom. The summed E-state index contributed by atoms with van der Waals surface area (Å²) in [6, 6.07) is 2.60. The molecule has 2 fully saturated rings. The Bertz CT molecular complexity index is 836. The van der Waals surface area contributed by atoms with Crippen LogP contribution in [0.5, 0.6) is 0 Å². The highest BCUT2D eigenvalue weighted by Crippen LogP contribution is 2.36. The number of hydrogen-bond donors (Lipinski definition) is 0. The summed E-state index contributed by atoms with van der Waals surface area (Å²) in [4.78, 5) is 14.8. The molecule has 5 nitrogen and oxygen atoms in total. The first-order chi connectivity index (χ1) is 12.9. The summed E-state index contributed by atoms with van der Waals surface area (Å²) in [7, 11) is 0. The molecule has 1 saturated carbocycles. The smallest absolute Gasteiger partial charge is 0.339 e. The second-order valence-corrected chi connectivity index (χ2v) is 8.20. The molecule has 0 N–H and O–H groups in total. The average molecular weight is 398 g/mol. The molecule has 1 aliphatic carbocycles. The van der Waals surface area contributed by atoms with E-state index in [1.807, 2.05) is 4.90 Å². The van der Waals surface area contributed by atoms with Crippen LogP contribution in [-0.4, -0.2) is 43.7 Å². The Morgan fingerprint density at radius 3 is 2.74 bits per heavy atom. The maximum absolute atomic E-state index is 12.9. The SMILES string of the molecule is O=C(CSc1nnc2ccc(C(F)(F)F)cn12)N1CCCC2CCCCC21.